The number of benzene rings is 1. The van der Waals surface area contributed by atoms with E-state index in [-0.39, 0.29) is 5.69 Å². The summed E-state index contributed by atoms with van der Waals surface area (Å²) in [6.45, 7) is 0. The van der Waals surface area contributed by atoms with Gasteiger partial charge in [-0.2, -0.15) is 0 Å². The van der Waals surface area contributed by atoms with E-state index >= 15 is 0 Å². The second-order valence-corrected chi connectivity index (χ2v) is 4.29. The molecule has 0 aliphatic rings. The molecule has 3 N–H and O–H groups in total. The van der Waals surface area contributed by atoms with E-state index in [1.807, 2.05) is 0 Å². The summed E-state index contributed by atoms with van der Waals surface area (Å²) in [6.07, 6.45) is 2.33. The third-order valence-corrected chi connectivity index (χ3v) is 2.84. The fourth-order valence-corrected chi connectivity index (χ4v) is 1.82. The Morgan fingerprint density at radius 1 is 1.37 bits per heavy atom. The summed E-state index contributed by atoms with van der Waals surface area (Å²) in [5.41, 5.74) is 5.15. The van der Waals surface area contributed by atoms with Crippen molar-refractivity contribution in [3.63, 3.8) is 0 Å². The van der Waals surface area contributed by atoms with Crippen molar-refractivity contribution in [1.29, 1.82) is 0 Å². The number of nitrogens with two attached hydrogens (primary N) is 1. The van der Waals surface area contributed by atoms with Crippen LogP contribution >= 0.6 is 11.6 Å². The lowest BCUT2D eigenvalue weighted by atomic mass is 10.1. The van der Waals surface area contributed by atoms with Gasteiger partial charge in [0.15, 0.2) is 6.04 Å². The van der Waals surface area contributed by atoms with Crippen LogP contribution in [-0.4, -0.2) is 20.6 Å². The van der Waals surface area contributed by atoms with Crippen LogP contribution in [0.25, 0.3) is 0 Å². The summed E-state index contributed by atoms with van der Waals surface area (Å²) in [6, 6.07) is 4.99. The van der Waals surface area contributed by atoms with Gasteiger partial charge in [0.1, 0.15) is 5.69 Å². The molecule has 1 heterocycles. The van der Waals surface area contributed by atoms with Gasteiger partial charge in [-0.3, -0.25) is 9.36 Å². The number of halogens is 1. The van der Waals surface area contributed by atoms with E-state index in [1.54, 1.807) is 12.1 Å². The van der Waals surface area contributed by atoms with Gasteiger partial charge in [-0.05, 0) is 17.7 Å². The number of carboxylic acids is 1. The number of aliphatic carboxylic acids is 1. The summed E-state index contributed by atoms with van der Waals surface area (Å²) in [4.78, 5) is 27.0. The minimum atomic E-state index is -1.19. The van der Waals surface area contributed by atoms with Crippen LogP contribution in [0.15, 0.2) is 41.6 Å². The van der Waals surface area contributed by atoms with Gasteiger partial charge in [0, 0.05) is 5.02 Å². The number of hydrogen-bond acceptors (Lipinski definition) is 4. The van der Waals surface area contributed by atoms with E-state index in [1.165, 1.54) is 18.3 Å². The second-order valence-electron chi connectivity index (χ2n) is 3.85. The highest BCUT2D eigenvalue weighted by Gasteiger charge is 2.23. The molecule has 0 aliphatic heterocycles. The molecule has 98 valence electrons. The van der Waals surface area contributed by atoms with Gasteiger partial charge < -0.3 is 10.8 Å². The van der Waals surface area contributed by atoms with E-state index in [4.69, 9.17) is 17.3 Å². The quantitative estimate of drug-likeness (QED) is 0.878. The first-order valence-electron chi connectivity index (χ1n) is 5.30. The van der Waals surface area contributed by atoms with Crippen LogP contribution in [-0.2, 0) is 4.79 Å². The molecule has 2 rings (SSSR count). The Morgan fingerprint density at radius 2 is 2.00 bits per heavy atom. The van der Waals surface area contributed by atoms with Crippen LogP contribution in [0, 0.1) is 0 Å². The van der Waals surface area contributed by atoms with Crippen molar-refractivity contribution in [3.05, 3.63) is 57.7 Å². The summed E-state index contributed by atoms with van der Waals surface area (Å²) in [5, 5.41) is 9.78. The number of nitrogen functional groups attached to an aromatic ring is 1. The van der Waals surface area contributed by atoms with Gasteiger partial charge in [0.2, 0.25) is 0 Å². The van der Waals surface area contributed by atoms with E-state index in [0.717, 1.165) is 10.9 Å². The summed E-state index contributed by atoms with van der Waals surface area (Å²) in [7, 11) is 0. The van der Waals surface area contributed by atoms with Gasteiger partial charge in [0.25, 0.3) is 5.56 Å². The molecule has 1 unspecified atom stereocenters. The lowest BCUT2D eigenvalue weighted by Crippen LogP contribution is -2.32. The Balaban J connectivity index is 2.58. The van der Waals surface area contributed by atoms with Gasteiger partial charge in [-0.1, -0.05) is 23.7 Å². The van der Waals surface area contributed by atoms with Crippen LogP contribution in [0.2, 0.25) is 5.02 Å². The van der Waals surface area contributed by atoms with Crippen LogP contribution in [0.5, 0.6) is 0 Å². The van der Waals surface area contributed by atoms with Gasteiger partial charge in [-0.25, -0.2) is 9.78 Å². The highest BCUT2D eigenvalue weighted by atomic mass is 35.5. The zero-order valence-electron chi connectivity index (χ0n) is 9.65. The molecule has 0 saturated carbocycles. The Morgan fingerprint density at radius 3 is 2.58 bits per heavy atom. The van der Waals surface area contributed by atoms with Crippen molar-refractivity contribution < 1.29 is 9.90 Å². The lowest BCUT2D eigenvalue weighted by molar-refractivity contribution is -0.139. The fourth-order valence-electron chi connectivity index (χ4n) is 1.69. The van der Waals surface area contributed by atoms with Crippen molar-refractivity contribution in [2.24, 2.45) is 0 Å². The number of aromatic nitrogens is 2. The highest BCUT2D eigenvalue weighted by Crippen LogP contribution is 2.19. The molecule has 7 heteroatoms. The molecule has 1 aromatic heterocycles. The van der Waals surface area contributed by atoms with Crippen molar-refractivity contribution in [3.8, 4) is 0 Å². The maximum absolute atomic E-state index is 11.9. The molecule has 0 amide bonds. The second kappa shape index (κ2) is 5.11. The highest BCUT2D eigenvalue weighted by molar-refractivity contribution is 6.30. The molecule has 0 bridgehead atoms. The number of nitrogens with zero attached hydrogens (tertiary/aromatic N) is 2. The minimum absolute atomic E-state index is 0.109. The average Bonchev–Trinajstić information content (AvgIpc) is 2.37. The maximum atomic E-state index is 11.9. The molecule has 1 atom stereocenters. The largest absolute Gasteiger partial charge is 0.479 e. The van der Waals surface area contributed by atoms with Crippen LogP contribution < -0.4 is 11.3 Å². The van der Waals surface area contributed by atoms with Crippen molar-refractivity contribution in [1.82, 2.24) is 9.55 Å². The molecule has 2 aromatic rings. The number of hydrogen-bond donors (Lipinski definition) is 2. The molecule has 0 spiro atoms. The van der Waals surface area contributed by atoms with Crippen LogP contribution in [0.4, 0.5) is 5.69 Å². The van der Waals surface area contributed by atoms with E-state index in [2.05, 4.69) is 4.98 Å². The smallest absolute Gasteiger partial charge is 0.331 e. The van der Waals surface area contributed by atoms with Crippen LogP contribution in [0.3, 0.4) is 0 Å². The van der Waals surface area contributed by atoms with Gasteiger partial charge in [-0.15, -0.1) is 0 Å². The fraction of sp³-hybridized carbons (Fsp3) is 0.0833. The molecule has 0 radical (unpaired) electrons. The Labute approximate surface area is 113 Å². The molecule has 0 saturated heterocycles. The lowest BCUT2D eigenvalue weighted by Gasteiger charge is -2.15. The van der Waals surface area contributed by atoms with Crippen LogP contribution in [0.1, 0.15) is 11.6 Å². The predicted molar refractivity (Wildman–Crippen MR) is 70.1 cm³/mol. The third-order valence-electron chi connectivity index (χ3n) is 2.58. The number of carboxylic acid groups (broad SMARTS) is 1. The molecule has 19 heavy (non-hydrogen) atoms. The van der Waals surface area contributed by atoms with Gasteiger partial charge in [0.05, 0.1) is 12.5 Å². The SMILES string of the molecule is Nc1cncn(C(C(=O)O)c2ccc(Cl)cc2)c1=O. The molecule has 0 fully saturated rings. The third kappa shape index (κ3) is 2.58. The topological polar surface area (TPSA) is 98.2 Å². The van der Waals surface area contributed by atoms with Crippen molar-refractivity contribution in [2.75, 3.05) is 5.73 Å². The first kappa shape index (κ1) is 13.1. The predicted octanol–water partition coefficient (Wildman–Crippen LogP) is 1.15. The monoisotopic (exact) mass is 279 g/mol. The zero-order chi connectivity index (χ0) is 14.0. The Kier molecular flexibility index (Phi) is 3.52. The first-order valence-corrected chi connectivity index (χ1v) is 5.68. The Bertz CT molecular complexity index is 667. The molecular weight excluding hydrogens is 270 g/mol. The Hall–Kier alpha value is -2.34. The first-order chi connectivity index (χ1) is 9.00. The molecule has 0 aliphatic carbocycles. The molecule has 1 aromatic carbocycles. The summed E-state index contributed by atoms with van der Waals surface area (Å²) >= 11 is 5.75. The minimum Gasteiger partial charge on any atom is -0.479 e. The molecular formula is C12H10ClN3O3. The summed E-state index contributed by atoms with van der Waals surface area (Å²) < 4.78 is 0.973. The van der Waals surface area contributed by atoms with Crippen molar-refractivity contribution >= 4 is 23.3 Å². The number of carbonyl (C=O) groups is 1. The zero-order valence-corrected chi connectivity index (χ0v) is 10.4. The average molecular weight is 280 g/mol. The molecule has 6 nitrogen and oxygen atoms in total. The van der Waals surface area contributed by atoms with Crippen molar-refractivity contribution in [2.45, 2.75) is 6.04 Å². The number of rotatable bonds is 3. The van der Waals surface area contributed by atoms with E-state index in [0.29, 0.717) is 10.6 Å². The summed E-state index contributed by atoms with van der Waals surface area (Å²) in [5.74, 6) is -1.18. The van der Waals surface area contributed by atoms with E-state index < -0.39 is 17.6 Å². The van der Waals surface area contributed by atoms with E-state index in [9.17, 15) is 14.7 Å². The standard InChI is InChI=1S/C12H10ClN3O3/c13-8-3-1-7(2-4-8)10(12(18)19)16-6-15-5-9(14)11(16)17/h1-6,10H,14H2,(H,18,19). The maximum Gasteiger partial charge on any atom is 0.331 e. The number of anilines is 1. The van der Waals surface area contributed by atoms with Gasteiger partial charge >= 0.3 is 5.97 Å². The normalized spacial score (nSPS) is 12.1.